The molecule has 2 heterocycles. The molecule has 4 heteroatoms. The molecule has 2 aliphatic heterocycles. The topological polar surface area (TPSA) is 35.9 Å². The molecule has 0 amide bonds. The highest BCUT2D eigenvalue weighted by atomic mass is 16.5. The first kappa shape index (κ1) is 17.9. The SMILES string of the molecule is C[C@@H]1CN(CC2CCN(C[C@H](O)c3ccccc3)CC2)C[C@@H](C)O1. The van der Waals surface area contributed by atoms with Gasteiger partial charge in [-0.15, -0.1) is 0 Å². The van der Waals surface area contributed by atoms with Gasteiger partial charge >= 0.3 is 0 Å². The maximum atomic E-state index is 10.4. The molecule has 3 rings (SSSR count). The molecule has 0 unspecified atom stereocenters. The molecule has 2 saturated heterocycles. The fourth-order valence-electron chi connectivity index (χ4n) is 4.18. The molecule has 0 aliphatic carbocycles. The second-order valence-corrected chi connectivity index (χ2v) is 7.65. The third-order valence-corrected chi connectivity index (χ3v) is 5.33. The Bertz CT molecular complexity index is 478. The fourth-order valence-corrected chi connectivity index (χ4v) is 4.18. The molecule has 3 atom stereocenters. The molecule has 134 valence electrons. The number of morpholine rings is 1. The van der Waals surface area contributed by atoms with Crippen molar-refractivity contribution in [2.24, 2.45) is 5.92 Å². The highest BCUT2D eigenvalue weighted by Gasteiger charge is 2.27. The van der Waals surface area contributed by atoms with Crippen molar-refractivity contribution >= 4 is 0 Å². The van der Waals surface area contributed by atoms with E-state index in [1.807, 2.05) is 30.3 Å². The lowest BCUT2D eigenvalue weighted by atomic mass is 9.95. The molecule has 1 N–H and O–H groups in total. The molecule has 4 nitrogen and oxygen atoms in total. The van der Waals surface area contributed by atoms with Crippen LogP contribution in [0.25, 0.3) is 0 Å². The van der Waals surface area contributed by atoms with Crippen molar-refractivity contribution in [3.8, 4) is 0 Å². The lowest BCUT2D eigenvalue weighted by Gasteiger charge is -2.39. The first-order valence-corrected chi connectivity index (χ1v) is 9.43. The molecule has 24 heavy (non-hydrogen) atoms. The standard InChI is InChI=1S/C20H32N2O2/c1-16-12-22(13-17(2)24-16)14-18-8-10-21(11-9-18)15-20(23)19-6-4-3-5-7-19/h3-7,16-18,20,23H,8-15H2,1-2H3/t16-,17-,20+/m1/s1. The Morgan fingerprint density at radius 3 is 2.29 bits per heavy atom. The normalized spacial score (nSPS) is 28.8. The molecule has 0 aromatic heterocycles. The van der Waals surface area contributed by atoms with E-state index in [9.17, 15) is 5.11 Å². The minimum atomic E-state index is -0.372. The largest absolute Gasteiger partial charge is 0.387 e. The van der Waals surface area contributed by atoms with Crippen molar-refractivity contribution in [1.82, 2.24) is 9.80 Å². The summed E-state index contributed by atoms with van der Waals surface area (Å²) in [6.07, 6.45) is 2.82. The zero-order chi connectivity index (χ0) is 16.9. The van der Waals surface area contributed by atoms with Crippen molar-refractivity contribution < 1.29 is 9.84 Å². The number of ether oxygens (including phenoxy) is 1. The van der Waals surface area contributed by atoms with E-state index in [4.69, 9.17) is 4.74 Å². The third kappa shape index (κ3) is 5.03. The van der Waals surface area contributed by atoms with Gasteiger partial charge in [0.15, 0.2) is 0 Å². The molecular weight excluding hydrogens is 300 g/mol. The lowest BCUT2D eigenvalue weighted by Crippen LogP contribution is -2.48. The first-order chi connectivity index (χ1) is 11.6. The number of hydrogen-bond acceptors (Lipinski definition) is 4. The van der Waals surface area contributed by atoms with Crippen LogP contribution in [0.2, 0.25) is 0 Å². The summed E-state index contributed by atoms with van der Waals surface area (Å²) >= 11 is 0. The highest BCUT2D eigenvalue weighted by molar-refractivity contribution is 5.17. The third-order valence-electron chi connectivity index (χ3n) is 5.33. The van der Waals surface area contributed by atoms with E-state index < -0.39 is 0 Å². The van der Waals surface area contributed by atoms with Crippen LogP contribution in [0.5, 0.6) is 0 Å². The summed E-state index contributed by atoms with van der Waals surface area (Å²) in [6.45, 7) is 10.6. The Morgan fingerprint density at radius 2 is 1.67 bits per heavy atom. The van der Waals surface area contributed by atoms with Crippen LogP contribution in [0.1, 0.15) is 38.4 Å². The molecule has 0 radical (unpaired) electrons. The maximum absolute atomic E-state index is 10.4. The Hall–Kier alpha value is -0.940. The number of likely N-dealkylation sites (tertiary alicyclic amines) is 1. The van der Waals surface area contributed by atoms with E-state index in [1.54, 1.807) is 0 Å². The zero-order valence-corrected chi connectivity index (χ0v) is 15.1. The van der Waals surface area contributed by atoms with Gasteiger partial charge in [-0.25, -0.2) is 0 Å². The quantitative estimate of drug-likeness (QED) is 0.899. The second-order valence-electron chi connectivity index (χ2n) is 7.65. The van der Waals surface area contributed by atoms with Crippen LogP contribution in [0, 0.1) is 5.92 Å². The van der Waals surface area contributed by atoms with E-state index in [-0.39, 0.29) is 6.10 Å². The van der Waals surface area contributed by atoms with Crippen LogP contribution in [0.4, 0.5) is 0 Å². The average Bonchev–Trinajstić information content (AvgIpc) is 2.56. The molecule has 1 aromatic rings. The minimum Gasteiger partial charge on any atom is -0.387 e. The summed E-state index contributed by atoms with van der Waals surface area (Å²) in [6, 6.07) is 10.0. The molecule has 0 spiro atoms. The monoisotopic (exact) mass is 332 g/mol. The molecule has 0 bridgehead atoms. The molecule has 0 saturated carbocycles. The number of aliphatic hydroxyl groups excluding tert-OH is 1. The molecular formula is C20H32N2O2. The van der Waals surface area contributed by atoms with Gasteiger partial charge in [0, 0.05) is 26.2 Å². The van der Waals surface area contributed by atoms with Crippen LogP contribution >= 0.6 is 0 Å². The van der Waals surface area contributed by atoms with E-state index in [2.05, 4.69) is 23.6 Å². The van der Waals surface area contributed by atoms with Gasteiger partial charge in [0.25, 0.3) is 0 Å². The number of rotatable bonds is 5. The van der Waals surface area contributed by atoms with Crippen LogP contribution in [-0.4, -0.2) is 66.4 Å². The van der Waals surface area contributed by atoms with E-state index in [0.717, 1.165) is 44.2 Å². The number of β-amino-alcohol motifs (C(OH)–C–C–N with tert-alkyl or cyclic N) is 1. The highest BCUT2D eigenvalue weighted by Crippen LogP contribution is 2.23. The predicted molar refractivity (Wildman–Crippen MR) is 97.0 cm³/mol. The van der Waals surface area contributed by atoms with Gasteiger partial charge < -0.3 is 14.7 Å². The van der Waals surface area contributed by atoms with Gasteiger partial charge in [-0.1, -0.05) is 30.3 Å². The Balaban J connectivity index is 1.41. The maximum Gasteiger partial charge on any atom is 0.0916 e. The summed E-state index contributed by atoms with van der Waals surface area (Å²) in [7, 11) is 0. The Kier molecular flexibility index (Phi) is 6.28. The van der Waals surface area contributed by atoms with Gasteiger partial charge in [-0.05, 0) is 51.3 Å². The smallest absolute Gasteiger partial charge is 0.0916 e. The van der Waals surface area contributed by atoms with Crippen molar-refractivity contribution in [3.63, 3.8) is 0 Å². The summed E-state index contributed by atoms with van der Waals surface area (Å²) in [5.74, 6) is 0.785. The number of piperidine rings is 1. The van der Waals surface area contributed by atoms with Crippen molar-refractivity contribution in [2.75, 3.05) is 39.3 Å². The lowest BCUT2D eigenvalue weighted by molar-refractivity contribution is -0.0734. The first-order valence-electron chi connectivity index (χ1n) is 9.43. The average molecular weight is 332 g/mol. The number of nitrogens with zero attached hydrogens (tertiary/aromatic N) is 2. The summed E-state index contributed by atoms with van der Waals surface area (Å²) in [5, 5.41) is 10.4. The number of aliphatic hydroxyl groups is 1. The van der Waals surface area contributed by atoms with Gasteiger partial charge in [-0.3, -0.25) is 4.90 Å². The van der Waals surface area contributed by atoms with E-state index in [0.29, 0.717) is 12.2 Å². The van der Waals surface area contributed by atoms with Crippen molar-refractivity contribution in [1.29, 1.82) is 0 Å². The van der Waals surface area contributed by atoms with Crippen LogP contribution in [-0.2, 0) is 4.74 Å². The van der Waals surface area contributed by atoms with Crippen molar-refractivity contribution in [2.45, 2.75) is 45.0 Å². The van der Waals surface area contributed by atoms with Gasteiger partial charge in [0.1, 0.15) is 0 Å². The predicted octanol–water partition coefficient (Wildman–Crippen LogP) is 2.54. The summed E-state index contributed by atoms with van der Waals surface area (Å²) in [5.41, 5.74) is 1.02. The van der Waals surface area contributed by atoms with Crippen LogP contribution < -0.4 is 0 Å². The molecule has 2 fully saturated rings. The van der Waals surface area contributed by atoms with E-state index in [1.165, 1.54) is 19.4 Å². The van der Waals surface area contributed by atoms with Gasteiger partial charge in [0.05, 0.1) is 18.3 Å². The minimum absolute atomic E-state index is 0.356. The summed E-state index contributed by atoms with van der Waals surface area (Å²) in [4.78, 5) is 5.00. The van der Waals surface area contributed by atoms with Crippen LogP contribution in [0.15, 0.2) is 30.3 Å². The number of hydrogen-bond donors (Lipinski definition) is 1. The second kappa shape index (κ2) is 8.43. The van der Waals surface area contributed by atoms with Crippen LogP contribution in [0.3, 0.4) is 0 Å². The Labute approximate surface area is 146 Å². The Morgan fingerprint density at radius 1 is 1.04 bits per heavy atom. The summed E-state index contributed by atoms with van der Waals surface area (Å²) < 4.78 is 5.83. The zero-order valence-electron chi connectivity index (χ0n) is 15.1. The van der Waals surface area contributed by atoms with Gasteiger partial charge in [0.2, 0.25) is 0 Å². The fraction of sp³-hybridized carbons (Fsp3) is 0.700. The number of benzene rings is 1. The van der Waals surface area contributed by atoms with E-state index >= 15 is 0 Å². The molecule has 1 aromatic carbocycles. The van der Waals surface area contributed by atoms with Gasteiger partial charge in [-0.2, -0.15) is 0 Å². The molecule has 2 aliphatic rings. The van der Waals surface area contributed by atoms with Crippen molar-refractivity contribution in [3.05, 3.63) is 35.9 Å².